The molecule has 0 atom stereocenters. The van der Waals surface area contributed by atoms with Crippen molar-refractivity contribution in [2.75, 3.05) is 26.7 Å². The zero-order valence-electron chi connectivity index (χ0n) is 16.4. The van der Waals surface area contributed by atoms with E-state index in [0.29, 0.717) is 5.92 Å². The van der Waals surface area contributed by atoms with Crippen molar-refractivity contribution in [1.29, 1.82) is 0 Å². The van der Waals surface area contributed by atoms with Gasteiger partial charge in [0.05, 0.1) is 16.8 Å². The molecule has 0 spiro atoms. The summed E-state index contributed by atoms with van der Waals surface area (Å²) < 4.78 is 0. The van der Waals surface area contributed by atoms with Gasteiger partial charge in [-0.1, -0.05) is 18.2 Å². The molecule has 4 rings (SSSR count). The van der Waals surface area contributed by atoms with Crippen LogP contribution in [0.25, 0.3) is 22.2 Å². The molecule has 1 amide bonds. The van der Waals surface area contributed by atoms with Crippen LogP contribution >= 0.6 is 24.8 Å². The van der Waals surface area contributed by atoms with E-state index >= 15 is 0 Å². The fourth-order valence-electron chi connectivity index (χ4n) is 3.82. The molecule has 1 aliphatic heterocycles. The van der Waals surface area contributed by atoms with Crippen molar-refractivity contribution in [3.8, 4) is 11.3 Å². The maximum absolute atomic E-state index is 13.3. The van der Waals surface area contributed by atoms with E-state index in [0.717, 1.165) is 60.2 Å². The summed E-state index contributed by atoms with van der Waals surface area (Å²) in [4.78, 5) is 24.2. The highest BCUT2D eigenvalue weighted by atomic mass is 35.5. The first-order valence-corrected chi connectivity index (χ1v) is 9.50. The number of para-hydroxylation sites is 1. The second-order valence-electron chi connectivity index (χ2n) is 7.10. The highest BCUT2D eigenvalue weighted by Crippen LogP contribution is 2.27. The molecule has 0 bridgehead atoms. The lowest BCUT2D eigenvalue weighted by molar-refractivity contribution is 0.0693. The van der Waals surface area contributed by atoms with Gasteiger partial charge in [-0.3, -0.25) is 9.78 Å². The minimum atomic E-state index is 0. The van der Waals surface area contributed by atoms with E-state index in [1.54, 1.807) is 12.4 Å². The van der Waals surface area contributed by atoms with Crippen LogP contribution in [0.5, 0.6) is 0 Å². The predicted octanol–water partition coefficient (Wildman–Crippen LogP) is 4.21. The summed E-state index contributed by atoms with van der Waals surface area (Å²) in [5.41, 5.74) is 3.36. The lowest BCUT2D eigenvalue weighted by Crippen LogP contribution is -2.40. The molecular weight excluding hydrogens is 407 g/mol. The van der Waals surface area contributed by atoms with Crippen LogP contribution in [0.1, 0.15) is 23.2 Å². The summed E-state index contributed by atoms with van der Waals surface area (Å²) in [6.45, 7) is 2.64. The third-order valence-corrected chi connectivity index (χ3v) is 5.32. The molecule has 1 fully saturated rings. The molecule has 2 aromatic heterocycles. The average molecular weight is 433 g/mol. The number of likely N-dealkylation sites (tertiary alicyclic amines) is 1. The van der Waals surface area contributed by atoms with Crippen LogP contribution in [-0.4, -0.2) is 47.5 Å². The van der Waals surface area contributed by atoms with E-state index in [1.807, 2.05) is 54.4 Å². The smallest absolute Gasteiger partial charge is 0.254 e. The SMILES string of the molecule is CNCC1CCN(C(=O)c2cc(-c3ccncc3)nc3ccccc23)CC1.Cl.Cl. The Balaban J connectivity index is 0.00000150. The van der Waals surface area contributed by atoms with Crippen LogP contribution in [0.4, 0.5) is 0 Å². The van der Waals surface area contributed by atoms with Gasteiger partial charge in [-0.15, -0.1) is 24.8 Å². The quantitative estimate of drug-likeness (QED) is 0.670. The first-order chi connectivity index (χ1) is 13.3. The second-order valence-corrected chi connectivity index (χ2v) is 7.10. The standard InChI is InChI=1S/C22H24N4O.2ClH/c1-23-15-16-8-12-26(13-9-16)22(27)19-14-21(17-6-10-24-11-7-17)25-20-5-3-2-4-18(19)20;;/h2-7,10-11,14,16,23H,8-9,12-13,15H2,1H3;2*1H. The molecule has 3 aromatic rings. The molecular formula is C22H26Cl2N4O. The Morgan fingerprint density at radius 3 is 2.48 bits per heavy atom. The first kappa shape index (κ1) is 23.1. The summed E-state index contributed by atoms with van der Waals surface area (Å²) >= 11 is 0. The van der Waals surface area contributed by atoms with Gasteiger partial charge in [0.25, 0.3) is 5.91 Å². The topological polar surface area (TPSA) is 58.1 Å². The van der Waals surface area contributed by atoms with Crippen molar-refractivity contribution in [1.82, 2.24) is 20.2 Å². The third-order valence-electron chi connectivity index (χ3n) is 5.32. The van der Waals surface area contributed by atoms with Crippen molar-refractivity contribution < 1.29 is 4.79 Å². The van der Waals surface area contributed by atoms with Gasteiger partial charge in [0.2, 0.25) is 0 Å². The Morgan fingerprint density at radius 1 is 1.10 bits per heavy atom. The van der Waals surface area contributed by atoms with E-state index in [9.17, 15) is 4.79 Å². The lowest BCUT2D eigenvalue weighted by Gasteiger charge is -2.32. The van der Waals surface area contributed by atoms with Gasteiger partial charge in [-0.05, 0) is 56.6 Å². The maximum atomic E-state index is 13.3. The van der Waals surface area contributed by atoms with Gasteiger partial charge in [-0.25, -0.2) is 4.98 Å². The molecule has 1 aliphatic rings. The van der Waals surface area contributed by atoms with E-state index < -0.39 is 0 Å². The monoisotopic (exact) mass is 432 g/mol. The molecule has 0 saturated carbocycles. The van der Waals surface area contributed by atoms with Gasteiger partial charge in [0, 0.05) is 36.4 Å². The molecule has 154 valence electrons. The molecule has 0 unspecified atom stereocenters. The molecule has 7 heteroatoms. The molecule has 0 aliphatic carbocycles. The van der Waals surface area contributed by atoms with E-state index in [-0.39, 0.29) is 30.7 Å². The van der Waals surface area contributed by atoms with Crippen LogP contribution in [0.2, 0.25) is 0 Å². The number of hydrogen-bond acceptors (Lipinski definition) is 4. The van der Waals surface area contributed by atoms with Crippen molar-refractivity contribution in [3.63, 3.8) is 0 Å². The van der Waals surface area contributed by atoms with Gasteiger partial charge in [0.15, 0.2) is 0 Å². The maximum Gasteiger partial charge on any atom is 0.254 e. The van der Waals surface area contributed by atoms with Gasteiger partial charge < -0.3 is 10.2 Å². The molecule has 3 heterocycles. The Hall–Kier alpha value is -2.21. The molecule has 0 radical (unpaired) electrons. The number of pyridine rings is 2. The van der Waals surface area contributed by atoms with Crippen molar-refractivity contribution in [2.24, 2.45) is 5.92 Å². The van der Waals surface area contributed by atoms with Crippen molar-refractivity contribution in [3.05, 3.63) is 60.4 Å². The highest BCUT2D eigenvalue weighted by Gasteiger charge is 2.25. The second kappa shape index (κ2) is 10.5. The van der Waals surface area contributed by atoms with E-state index in [1.165, 1.54) is 0 Å². The molecule has 29 heavy (non-hydrogen) atoms. The predicted molar refractivity (Wildman–Crippen MR) is 122 cm³/mol. The minimum Gasteiger partial charge on any atom is -0.339 e. The number of fused-ring (bicyclic) bond motifs is 1. The number of carbonyl (C=O) groups excluding carboxylic acids is 1. The van der Waals surface area contributed by atoms with Gasteiger partial charge in [-0.2, -0.15) is 0 Å². The zero-order valence-corrected chi connectivity index (χ0v) is 18.0. The summed E-state index contributed by atoms with van der Waals surface area (Å²) in [6.07, 6.45) is 5.60. The van der Waals surface area contributed by atoms with Crippen LogP contribution < -0.4 is 5.32 Å². The first-order valence-electron chi connectivity index (χ1n) is 9.50. The van der Waals surface area contributed by atoms with E-state index in [2.05, 4.69) is 10.3 Å². The highest BCUT2D eigenvalue weighted by molar-refractivity contribution is 6.07. The number of rotatable bonds is 4. The van der Waals surface area contributed by atoms with Crippen LogP contribution in [0.3, 0.4) is 0 Å². The normalized spacial score (nSPS) is 14.2. The summed E-state index contributed by atoms with van der Waals surface area (Å²) in [7, 11) is 1.99. The van der Waals surface area contributed by atoms with E-state index in [4.69, 9.17) is 4.98 Å². The minimum absolute atomic E-state index is 0. The fraction of sp³-hybridized carbons (Fsp3) is 0.318. The van der Waals surface area contributed by atoms with Crippen LogP contribution in [0, 0.1) is 5.92 Å². The Labute approximate surface area is 183 Å². The molecule has 1 aromatic carbocycles. The van der Waals surface area contributed by atoms with Crippen LogP contribution in [0.15, 0.2) is 54.9 Å². The molecule has 5 nitrogen and oxygen atoms in total. The fourth-order valence-corrected chi connectivity index (χ4v) is 3.82. The largest absolute Gasteiger partial charge is 0.339 e. The third kappa shape index (κ3) is 5.04. The number of nitrogens with one attached hydrogen (secondary N) is 1. The zero-order chi connectivity index (χ0) is 18.6. The number of hydrogen-bond donors (Lipinski definition) is 1. The van der Waals surface area contributed by atoms with Crippen molar-refractivity contribution >= 4 is 41.6 Å². The Kier molecular flexibility index (Phi) is 8.38. The number of benzene rings is 1. The van der Waals surface area contributed by atoms with Crippen LogP contribution in [-0.2, 0) is 0 Å². The summed E-state index contributed by atoms with van der Waals surface area (Å²) in [5.74, 6) is 0.757. The summed E-state index contributed by atoms with van der Waals surface area (Å²) in [5, 5.41) is 4.16. The molecule has 1 N–H and O–H groups in total. The average Bonchev–Trinajstić information content (AvgIpc) is 2.74. The van der Waals surface area contributed by atoms with Crippen molar-refractivity contribution in [2.45, 2.75) is 12.8 Å². The Bertz CT molecular complexity index is 944. The lowest BCUT2D eigenvalue weighted by atomic mass is 9.95. The number of carbonyl (C=O) groups is 1. The Morgan fingerprint density at radius 2 is 1.79 bits per heavy atom. The number of amides is 1. The summed E-state index contributed by atoms with van der Waals surface area (Å²) in [6, 6.07) is 13.7. The van der Waals surface area contributed by atoms with Gasteiger partial charge >= 0.3 is 0 Å². The number of halogens is 2. The molecule has 1 saturated heterocycles. The number of aromatic nitrogens is 2. The number of nitrogens with zero attached hydrogens (tertiary/aromatic N) is 3. The van der Waals surface area contributed by atoms with Gasteiger partial charge in [0.1, 0.15) is 0 Å². The number of piperidine rings is 1.